The second-order valence-corrected chi connectivity index (χ2v) is 4.34. The molecule has 1 heterocycles. The van der Waals surface area contributed by atoms with Gasteiger partial charge >= 0.3 is 0 Å². The third kappa shape index (κ3) is 3.60. The zero-order chi connectivity index (χ0) is 12.8. The third-order valence-corrected chi connectivity index (χ3v) is 3.16. The van der Waals surface area contributed by atoms with Crippen LogP contribution >= 0.6 is 0 Å². The van der Waals surface area contributed by atoms with Gasteiger partial charge in [-0.05, 0) is 25.0 Å². The summed E-state index contributed by atoms with van der Waals surface area (Å²) in [4.78, 5) is 13.9. The molecule has 0 radical (unpaired) electrons. The lowest BCUT2D eigenvalue weighted by molar-refractivity contribution is -0.134. The van der Waals surface area contributed by atoms with Crippen molar-refractivity contribution in [3.05, 3.63) is 24.2 Å². The molecule has 0 aliphatic rings. The van der Waals surface area contributed by atoms with Gasteiger partial charge in [-0.2, -0.15) is 0 Å². The van der Waals surface area contributed by atoms with Gasteiger partial charge in [-0.1, -0.05) is 20.3 Å². The van der Waals surface area contributed by atoms with Crippen molar-refractivity contribution in [2.24, 2.45) is 11.7 Å². The first-order valence-corrected chi connectivity index (χ1v) is 6.16. The van der Waals surface area contributed by atoms with Crippen molar-refractivity contribution in [2.45, 2.75) is 39.8 Å². The molecule has 2 N–H and O–H groups in total. The summed E-state index contributed by atoms with van der Waals surface area (Å²) in [7, 11) is 0. The maximum atomic E-state index is 12.2. The predicted molar refractivity (Wildman–Crippen MR) is 67.2 cm³/mol. The molecule has 4 heteroatoms. The molecule has 2 unspecified atom stereocenters. The van der Waals surface area contributed by atoms with E-state index in [-0.39, 0.29) is 11.8 Å². The van der Waals surface area contributed by atoms with Crippen LogP contribution in [0.4, 0.5) is 0 Å². The van der Waals surface area contributed by atoms with Crippen molar-refractivity contribution in [1.29, 1.82) is 0 Å². The minimum absolute atomic E-state index is 0.00162. The Kier molecular flexibility index (Phi) is 5.22. The smallest absolute Gasteiger partial charge is 0.240 e. The second-order valence-electron chi connectivity index (χ2n) is 4.34. The Bertz CT molecular complexity index is 335. The average Bonchev–Trinajstić information content (AvgIpc) is 2.85. The largest absolute Gasteiger partial charge is 0.467 e. The van der Waals surface area contributed by atoms with E-state index in [9.17, 15) is 4.79 Å². The standard InChI is InChI=1S/C13H22N2O2/c1-4-10(3)12(14)13(16)15(5-2)9-11-7-6-8-17-11/h6-8,10,12H,4-5,9,14H2,1-3H3. The lowest BCUT2D eigenvalue weighted by Gasteiger charge is -2.26. The van der Waals surface area contributed by atoms with Crippen LogP contribution in [0.5, 0.6) is 0 Å². The van der Waals surface area contributed by atoms with Crippen LogP contribution in [-0.2, 0) is 11.3 Å². The quantitative estimate of drug-likeness (QED) is 0.824. The molecular weight excluding hydrogens is 216 g/mol. The maximum Gasteiger partial charge on any atom is 0.240 e. The average molecular weight is 238 g/mol. The normalized spacial score (nSPS) is 14.4. The molecule has 0 fully saturated rings. The zero-order valence-electron chi connectivity index (χ0n) is 10.8. The molecule has 1 rings (SSSR count). The van der Waals surface area contributed by atoms with Gasteiger partial charge in [0.1, 0.15) is 5.76 Å². The number of rotatable bonds is 6. The van der Waals surface area contributed by atoms with Gasteiger partial charge in [0, 0.05) is 6.54 Å². The minimum atomic E-state index is -0.421. The SMILES string of the molecule is CCC(C)C(N)C(=O)N(CC)Cc1ccco1. The molecule has 96 valence electrons. The number of hydrogen-bond acceptors (Lipinski definition) is 3. The van der Waals surface area contributed by atoms with Crippen molar-refractivity contribution in [3.8, 4) is 0 Å². The van der Waals surface area contributed by atoms with Crippen LogP contribution in [0.15, 0.2) is 22.8 Å². The number of carbonyl (C=O) groups excluding carboxylic acids is 1. The van der Waals surface area contributed by atoms with Gasteiger partial charge in [-0.25, -0.2) is 0 Å². The summed E-state index contributed by atoms with van der Waals surface area (Å²) >= 11 is 0. The first-order chi connectivity index (χ1) is 8.10. The molecule has 0 bridgehead atoms. The molecule has 2 atom stereocenters. The Morgan fingerprint density at radius 3 is 2.71 bits per heavy atom. The van der Waals surface area contributed by atoms with Gasteiger partial charge in [0.2, 0.25) is 5.91 Å². The number of carbonyl (C=O) groups is 1. The summed E-state index contributed by atoms with van der Waals surface area (Å²) in [5.41, 5.74) is 5.95. The highest BCUT2D eigenvalue weighted by Gasteiger charge is 2.24. The van der Waals surface area contributed by atoms with Crippen molar-refractivity contribution < 1.29 is 9.21 Å². The number of amides is 1. The van der Waals surface area contributed by atoms with Crippen molar-refractivity contribution >= 4 is 5.91 Å². The fourth-order valence-electron chi connectivity index (χ4n) is 1.64. The summed E-state index contributed by atoms with van der Waals surface area (Å²) in [6.45, 7) is 7.13. The van der Waals surface area contributed by atoms with Gasteiger partial charge < -0.3 is 15.1 Å². The number of hydrogen-bond donors (Lipinski definition) is 1. The van der Waals surface area contributed by atoms with Gasteiger partial charge in [0.05, 0.1) is 18.8 Å². The van der Waals surface area contributed by atoms with Crippen LogP contribution in [-0.4, -0.2) is 23.4 Å². The Balaban J connectivity index is 2.64. The molecule has 0 aliphatic carbocycles. The predicted octanol–water partition coefficient (Wildman–Crippen LogP) is 2.00. The summed E-state index contributed by atoms with van der Waals surface area (Å²) in [6.07, 6.45) is 2.52. The molecule has 1 aromatic heterocycles. The Morgan fingerprint density at radius 2 is 2.24 bits per heavy atom. The van der Waals surface area contributed by atoms with Crippen LogP contribution < -0.4 is 5.73 Å². The van der Waals surface area contributed by atoms with Crippen LogP contribution in [0.2, 0.25) is 0 Å². The van der Waals surface area contributed by atoms with E-state index in [1.807, 2.05) is 32.9 Å². The van der Waals surface area contributed by atoms with E-state index in [0.717, 1.165) is 12.2 Å². The topological polar surface area (TPSA) is 59.5 Å². The van der Waals surface area contributed by atoms with E-state index < -0.39 is 6.04 Å². The van der Waals surface area contributed by atoms with Gasteiger partial charge in [-0.15, -0.1) is 0 Å². The highest BCUT2D eigenvalue weighted by molar-refractivity contribution is 5.81. The van der Waals surface area contributed by atoms with Gasteiger partial charge in [0.25, 0.3) is 0 Å². The molecule has 4 nitrogen and oxygen atoms in total. The first kappa shape index (κ1) is 13.8. The molecule has 1 aromatic rings. The molecule has 0 saturated carbocycles. The fourth-order valence-corrected chi connectivity index (χ4v) is 1.64. The molecule has 0 spiro atoms. The van der Waals surface area contributed by atoms with Gasteiger partial charge in [-0.3, -0.25) is 4.79 Å². The van der Waals surface area contributed by atoms with E-state index in [1.54, 1.807) is 11.2 Å². The lowest BCUT2D eigenvalue weighted by Crippen LogP contribution is -2.46. The summed E-state index contributed by atoms with van der Waals surface area (Å²) in [6, 6.07) is 3.27. The van der Waals surface area contributed by atoms with Crippen LogP contribution in [0.25, 0.3) is 0 Å². The third-order valence-electron chi connectivity index (χ3n) is 3.16. The highest BCUT2D eigenvalue weighted by atomic mass is 16.3. The Labute approximate surface area is 103 Å². The van der Waals surface area contributed by atoms with Crippen molar-refractivity contribution in [2.75, 3.05) is 6.54 Å². The van der Waals surface area contributed by atoms with E-state index in [4.69, 9.17) is 10.2 Å². The van der Waals surface area contributed by atoms with Gasteiger partial charge in [0.15, 0.2) is 0 Å². The summed E-state index contributed by atoms with van der Waals surface area (Å²) < 4.78 is 5.25. The number of furan rings is 1. The van der Waals surface area contributed by atoms with Crippen molar-refractivity contribution in [1.82, 2.24) is 4.90 Å². The van der Waals surface area contributed by atoms with E-state index in [0.29, 0.717) is 13.1 Å². The first-order valence-electron chi connectivity index (χ1n) is 6.16. The molecule has 0 aliphatic heterocycles. The molecular formula is C13H22N2O2. The molecule has 0 aromatic carbocycles. The monoisotopic (exact) mass is 238 g/mol. The van der Waals surface area contributed by atoms with E-state index in [1.165, 1.54) is 0 Å². The number of likely N-dealkylation sites (N-methyl/N-ethyl adjacent to an activating group) is 1. The summed E-state index contributed by atoms with van der Waals surface area (Å²) in [5.74, 6) is 0.989. The molecule has 17 heavy (non-hydrogen) atoms. The summed E-state index contributed by atoms with van der Waals surface area (Å²) in [5, 5.41) is 0. The van der Waals surface area contributed by atoms with Crippen LogP contribution in [0.1, 0.15) is 33.0 Å². The Morgan fingerprint density at radius 1 is 1.53 bits per heavy atom. The number of nitrogens with two attached hydrogens (primary N) is 1. The highest BCUT2D eigenvalue weighted by Crippen LogP contribution is 2.11. The number of nitrogens with zero attached hydrogens (tertiary/aromatic N) is 1. The lowest BCUT2D eigenvalue weighted by atomic mass is 9.99. The zero-order valence-corrected chi connectivity index (χ0v) is 10.8. The fraction of sp³-hybridized carbons (Fsp3) is 0.615. The van der Waals surface area contributed by atoms with E-state index in [2.05, 4.69) is 0 Å². The van der Waals surface area contributed by atoms with Crippen LogP contribution in [0.3, 0.4) is 0 Å². The maximum absolute atomic E-state index is 12.2. The van der Waals surface area contributed by atoms with E-state index >= 15 is 0 Å². The Hall–Kier alpha value is -1.29. The minimum Gasteiger partial charge on any atom is -0.467 e. The van der Waals surface area contributed by atoms with Crippen LogP contribution in [0, 0.1) is 5.92 Å². The molecule has 0 saturated heterocycles. The molecule has 1 amide bonds. The second kappa shape index (κ2) is 6.45. The van der Waals surface area contributed by atoms with Crippen molar-refractivity contribution in [3.63, 3.8) is 0 Å².